The largest absolute Gasteiger partial charge is 0.493 e. The number of anilines is 1. The first-order chi connectivity index (χ1) is 11.4. The third-order valence-corrected chi connectivity index (χ3v) is 3.71. The van der Waals surface area contributed by atoms with E-state index in [0.717, 1.165) is 6.54 Å². The molecule has 0 fully saturated rings. The maximum absolute atomic E-state index is 11.6. The average Bonchev–Trinajstić information content (AvgIpc) is 2.53. The van der Waals surface area contributed by atoms with Crippen molar-refractivity contribution >= 4 is 22.3 Å². The van der Waals surface area contributed by atoms with Gasteiger partial charge in [0, 0.05) is 24.2 Å². The van der Waals surface area contributed by atoms with Crippen molar-refractivity contribution < 1.29 is 14.4 Å². The number of nitrogens with one attached hydrogen (secondary N) is 1. The zero-order valence-corrected chi connectivity index (χ0v) is 14.5. The number of hydrogen-bond acceptors (Lipinski definition) is 7. The van der Waals surface area contributed by atoms with Gasteiger partial charge in [-0.1, -0.05) is 0 Å². The Labute approximate surface area is 140 Å². The molecule has 8 nitrogen and oxygen atoms in total. The first-order valence-corrected chi connectivity index (χ1v) is 7.48. The van der Waals surface area contributed by atoms with E-state index >= 15 is 0 Å². The fourth-order valence-electron chi connectivity index (χ4n) is 2.49. The zero-order valence-electron chi connectivity index (χ0n) is 14.5. The molecule has 2 aromatic rings. The molecule has 24 heavy (non-hydrogen) atoms. The van der Waals surface area contributed by atoms with Gasteiger partial charge in [-0.3, -0.25) is 10.1 Å². The number of fused-ring (bicyclic) bond motifs is 1. The summed E-state index contributed by atoms with van der Waals surface area (Å²) in [7, 11) is 6.90. The molecule has 0 unspecified atom stereocenters. The van der Waals surface area contributed by atoms with Gasteiger partial charge in [0.15, 0.2) is 11.5 Å². The summed E-state index contributed by atoms with van der Waals surface area (Å²) in [6.45, 7) is 3.11. The summed E-state index contributed by atoms with van der Waals surface area (Å²) in [4.78, 5) is 17.6. The molecule has 1 heterocycles. The van der Waals surface area contributed by atoms with Gasteiger partial charge < -0.3 is 19.7 Å². The molecule has 8 heteroatoms. The van der Waals surface area contributed by atoms with Crippen LogP contribution in [0, 0.1) is 17.0 Å². The van der Waals surface area contributed by atoms with Crippen molar-refractivity contribution in [2.75, 3.05) is 46.7 Å². The van der Waals surface area contributed by atoms with Gasteiger partial charge in [-0.2, -0.15) is 0 Å². The first kappa shape index (κ1) is 17.7. The predicted octanol–water partition coefficient (Wildman–Crippen LogP) is 2.44. The van der Waals surface area contributed by atoms with Crippen molar-refractivity contribution in [3.63, 3.8) is 0 Å². The summed E-state index contributed by atoms with van der Waals surface area (Å²) in [5, 5.41) is 15.8. The number of rotatable bonds is 7. The van der Waals surface area contributed by atoms with Crippen LogP contribution in [0.25, 0.3) is 10.8 Å². The molecule has 130 valence electrons. The lowest BCUT2D eigenvalue weighted by molar-refractivity contribution is -0.382. The third kappa shape index (κ3) is 3.48. The van der Waals surface area contributed by atoms with Gasteiger partial charge in [0.2, 0.25) is 5.82 Å². The maximum Gasteiger partial charge on any atom is 0.319 e. The smallest absolute Gasteiger partial charge is 0.319 e. The Bertz CT molecular complexity index is 762. The highest BCUT2D eigenvalue weighted by molar-refractivity contribution is 5.98. The summed E-state index contributed by atoms with van der Waals surface area (Å²) in [5.41, 5.74) is 0.624. The lowest BCUT2D eigenvalue weighted by Crippen LogP contribution is -2.21. The second-order valence-corrected chi connectivity index (χ2v) is 5.63. The zero-order chi connectivity index (χ0) is 17.9. The molecule has 0 saturated carbocycles. The number of methoxy groups -OCH3 is 2. The monoisotopic (exact) mass is 334 g/mol. The van der Waals surface area contributed by atoms with Crippen LogP contribution in [0.4, 0.5) is 11.5 Å². The molecule has 2 rings (SSSR count). The van der Waals surface area contributed by atoms with Crippen molar-refractivity contribution in [1.82, 2.24) is 9.88 Å². The van der Waals surface area contributed by atoms with E-state index in [-0.39, 0.29) is 11.5 Å². The number of hydrogen-bond donors (Lipinski definition) is 1. The highest BCUT2D eigenvalue weighted by Crippen LogP contribution is 2.40. The van der Waals surface area contributed by atoms with E-state index in [9.17, 15) is 10.1 Å². The van der Waals surface area contributed by atoms with Gasteiger partial charge >= 0.3 is 5.69 Å². The number of likely N-dealkylation sites (N-methyl/N-ethyl adjacent to an activating group) is 1. The quantitative estimate of drug-likeness (QED) is 0.614. The van der Waals surface area contributed by atoms with E-state index in [1.165, 1.54) is 14.2 Å². The molecule has 1 aromatic heterocycles. The van der Waals surface area contributed by atoms with Gasteiger partial charge in [-0.25, -0.2) is 4.98 Å². The molecule has 0 radical (unpaired) electrons. The number of aryl methyl sites for hydroxylation is 1. The minimum Gasteiger partial charge on any atom is -0.493 e. The van der Waals surface area contributed by atoms with E-state index in [2.05, 4.69) is 10.3 Å². The van der Waals surface area contributed by atoms with Crippen LogP contribution in [0.15, 0.2) is 12.1 Å². The van der Waals surface area contributed by atoms with E-state index in [1.54, 1.807) is 12.1 Å². The summed E-state index contributed by atoms with van der Waals surface area (Å²) >= 11 is 0. The van der Waals surface area contributed by atoms with Gasteiger partial charge in [0.1, 0.15) is 0 Å². The van der Waals surface area contributed by atoms with Crippen LogP contribution in [0.5, 0.6) is 11.5 Å². The molecule has 0 saturated heterocycles. The number of benzene rings is 1. The van der Waals surface area contributed by atoms with E-state index in [0.29, 0.717) is 34.5 Å². The number of aromatic nitrogens is 1. The number of pyridine rings is 1. The first-order valence-electron chi connectivity index (χ1n) is 7.48. The molecule has 1 N–H and O–H groups in total. The third-order valence-electron chi connectivity index (χ3n) is 3.71. The van der Waals surface area contributed by atoms with Crippen LogP contribution < -0.4 is 14.8 Å². The highest BCUT2D eigenvalue weighted by atomic mass is 16.6. The molecular formula is C16H22N4O4. The SMILES string of the molecule is COc1cc2c(C)nc(NCCN(C)C)c([N+](=O)[O-])c2cc1OC. The normalized spacial score (nSPS) is 10.9. The van der Waals surface area contributed by atoms with Crippen molar-refractivity contribution in [3.8, 4) is 11.5 Å². The van der Waals surface area contributed by atoms with Crippen molar-refractivity contribution in [2.24, 2.45) is 0 Å². The molecule has 0 aliphatic heterocycles. The van der Waals surface area contributed by atoms with Crippen LogP contribution in [0.3, 0.4) is 0 Å². The summed E-state index contributed by atoms with van der Waals surface area (Å²) in [6, 6.07) is 3.34. The van der Waals surface area contributed by atoms with Crippen LogP contribution in [0.1, 0.15) is 5.69 Å². The Kier molecular flexibility index (Phi) is 5.40. The van der Waals surface area contributed by atoms with Gasteiger partial charge in [0.25, 0.3) is 0 Å². The summed E-state index contributed by atoms with van der Waals surface area (Å²) in [5.74, 6) is 1.22. The number of nitrogens with zero attached hydrogens (tertiary/aromatic N) is 3. The number of nitro groups is 1. The van der Waals surface area contributed by atoms with Crippen LogP contribution in [-0.4, -0.2) is 56.2 Å². The van der Waals surface area contributed by atoms with E-state index in [4.69, 9.17) is 9.47 Å². The average molecular weight is 334 g/mol. The Morgan fingerprint density at radius 2 is 1.79 bits per heavy atom. The van der Waals surface area contributed by atoms with Gasteiger partial charge in [-0.05, 0) is 33.2 Å². The minimum absolute atomic E-state index is 0.0599. The topological polar surface area (TPSA) is 89.8 Å². The Morgan fingerprint density at radius 1 is 1.21 bits per heavy atom. The lowest BCUT2D eigenvalue weighted by Gasteiger charge is -2.14. The predicted molar refractivity (Wildman–Crippen MR) is 93.3 cm³/mol. The van der Waals surface area contributed by atoms with Crippen LogP contribution in [-0.2, 0) is 0 Å². The van der Waals surface area contributed by atoms with Gasteiger partial charge in [-0.15, -0.1) is 0 Å². The molecule has 1 aromatic carbocycles. The molecule has 0 amide bonds. The maximum atomic E-state index is 11.6. The second kappa shape index (κ2) is 7.31. The summed E-state index contributed by atoms with van der Waals surface area (Å²) < 4.78 is 10.6. The summed E-state index contributed by atoms with van der Waals surface area (Å²) in [6.07, 6.45) is 0. The van der Waals surface area contributed by atoms with Crippen LogP contribution in [0.2, 0.25) is 0 Å². The molecule has 0 spiro atoms. The lowest BCUT2D eigenvalue weighted by atomic mass is 10.1. The van der Waals surface area contributed by atoms with E-state index in [1.807, 2.05) is 25.9 Å². The van der Waals surface area contributed by atoms with Crippen molar-refractivity contribution in [2.45, 2.75) is 6.92 Å². The fourth-order valence-corrected chi connectivity index (χ4v) is 2.49. The van der Waals surface area contributed by atoms with Crippen molar-refractivity contribution in [1.29, 1.82) is 0 Å². The molecular weight excluding hydrogens is 312 g/mol. The minimum atomic E-state index is -0.418. The van der Waals surface area contributed by atoms with Gasteiger partial charge in [0.05, 0.1) is 24.5 Å². The molecule has 0 aliphatic carbocycles. The second-order valence-electron chi connectivity index (χ2n) is 5.63. The Balaban J connectivity index is 2.63. The standard InChI is InChI=1S/C16H22N4O4/c1-10-11-8-13(23-4)14(24-5)9-12(11)15(20(21)22)16(18-10)17-6-7-19(2)3/h8-9H,6-7H2,1-5H3,(H,17,18). The van der Waals surface area contributed by atoms with Crippen molar-refractivity contribution in [3.05, 3.63) is 27.9 Å². The Morgan fingerprint density at radius 3 is 2.29 bits per heavy atom. The Hall–Kier alpha value is -2.61. The fraction of sp³-hybridized carbons (Fsp3) is 0.438. The number of ether oxygens (including phenoxy) is 2. The molecule has 0 bridgehead atoms. The molecule has 0 atom stereocenters. The molecule has 0 aliphatic rings. The highest BCUT2D eigenvalue weighted by Gasteiger charge is 2.23. The van der Waals surface area contributed by atoms with E-state index < -0.39 is 4.92 Å². The van der Waals surface area contributed by atoms with Crippen LogP contribution >= 0.6 is 0 Å².